The van der Waals surface area contributed by atoms with Crippen LogP contribution in [0, 0.1) is 0 Å². The van der Waals surface area contributed by atoms with Gasteiger partial charge >= 0.3 is 0 Å². The summed E-state index contributed by atoms with van der Waals surface area (Å²) in [5, 5.41) is 7.50. The molecule has 0 bridgehead atoms. The van der Waals surface area contributed by atoms with Crippen molar-refractivity contribution >= 4 is 47.5 Å². The molecule has 2 N–H and O–H groups in total. The minimum atomic E-state index is 0. The van der Waals surface area contributed by atoms with Gasteiger partial charge in [0, 0.05) is 63.2 Å². The fourth-order valence-corrected chi connectivity index (χ4v) is 3.37. The molecule has 2 heterocycles. The molecule has 1 saturated heterocycles. The van der Waals surface area contributed by atoms with Crippen molar-refractivity contribution in [2.75, 3.05) is 57.3 Å². The maximum absolute atomic E-state index is 5.94. The first-order chi connectivity index (χ1) is 14.2. The molecule has 1 aliphatic heterocycles. The Balaban J connectivity index is 0.00000320. The molecule has 0 unspecified atom stereocenters. The van der Waals surface area contributed by atoms with Gasteiger partial charge in [-0.1, -0.05) is 23.7 Å². The van der Waals surface area contributed by atoms with Crippen LogP contribution >= 0.6 is 35.6 Å². The number of nitrogens with zero attached hydrogens (tertiary/aromatic N) is 5. The van der Waals surface area contributed by atoms with Crippen molar-refractivity contribution in [1.29, 1.82) is 0 Å². The van der Waals surface area contributed by atoms with E-state index in [1.807, 2.05) is 18.2 Å². The molecule has 1 aromatic carbocycles. The molecule has 0 spiro atoms. The van der Waals surface area contributed by atoms with Gasteiger partial charge in [-0.25, -0.2) is 9.97 Å². The van der Waals surface area contributed by atoms with Gasteiger partial charge < -0.3 is 15.5 Å². The fourth-order valence-electron chi connectivity index (χ4n) is 3.25. The van der Waals surface area contributed by atoms with E-state index in [0.29, 0.717) is 0 Å². The zero-order chi connectivity index (χ0) is 20.3. The lowest BCUT2D eigenvalue weighted by atomic mass is 10.1. The van der Waals surface area contributed by atoms with Gasteiger partial charge in [-0.2, -0.15) is 0 Å². The van der Waals surface area contributed by atoms with Gasteiger partial charge in [0.25, 0.3) is 0 Å². The highest BCUT2D eigenvalue weighted by atomic mass is 127. The van der Waals surface area contributed by atoms with Gasteiger partial charge in [0.15, 0.2) is 5.96 Å². The maximum atomic E-state index is 5.94. The summed E-state index contributed by atoms with van der Waals surface area (Å²) in [7, 11) is 0. The predicted octanol–water partition coefficient (Wildman–Crippen LogP) is 2.67. The number of hydrogen-bond acceptors (Lipinski definition) is 5. The van der Waals surface area contributed by atoms with Crippen molar-refractivity contribution in [3.05, 3.63) is 53.3 Å². The van der Waals surface area contributed by atoms with Crippen molar-refractivity contribution in [3.8, 4) is 0 Å². The summed E-state index contributed by atoms with van der Waals surface area (Å²) in [4.78, 5) is 18.1. The topological polar surface area (TPSA) is 68.7 Å². The van der Waals surface area contributed by atoms with Crippen LogP contribution in [-0.4, -0.2) is 73.2 Å². The number of halogens is 2. The molecule has 0 amide bonds. The first-order valence-corrected chi connectivity index (χ1v) is 10.6. The third kappa shape index (κ3) is 8.23. The summed E-state index contributed by atoms with van der Waals surface area (Å²) in [6.07, 6.45) is 4.53. The molecule has 0 atom stereocenters. The summed E-state index contributed by atoms with van der Waals surface area (Å²) in [6.45, 7) is 9.42. The van der Waals surface area contributed by atoms with Crippen molar-refractivity contribution in [2.24, 2.45) is 4.99 Å². The molecule has 0 radical (unpaired) electrons. The van der Waals surface area contributed by atoms with E-state index in [4.69, 9.17) is 16.6 Å². The average Bonchev–Trinajstić information content (AvgIpc) is 2.76. The van der Waals surface area contributed by atoms with Crippen molar-refractivity contribution < 1.29 is 0 Å². The minimum absolute atomic E-state index is 0. The Kier molecular flexibility index (Phi) is 11.2. The standard InChI is InChI=1S/C21H30ClN7.HI/c1-2-23-20(24-11-8-18-4-6-19(22)7-5-18)25-12-13-28-14-16-29(17-15-28)21-26-9-3-10-27-21;/h3-7,9-10H,2,8,11-17H2,1H3,(H2,23,24,25);1H. The molecular formula is C21H31ClIN7. The average molecular weight is 544 g/mol. The van der Waals surface area contributed by atoms with Crippen molar-refractivity contribution in [1.82, 2.24) is 25.5 Å². The highest BCUT2D eigenvalue weighted by molar-refractivity contribution is 14.0. The number of aliphatic imine (C=N–C) groups is 1. The second kappa shape index (κ2) is 13.6. The van der Waals surface area contributed by atoms with Crippen molar-refractivity contribution in [3.63, 3.8) is 0 Å². The van der Waals surface area contributed by atoms with E-state index < -0.39 is 0 Å². The quantitative estimate of drug-likeness (QED) is 0.303. The number of guanidine groups is 1. The normalized spacial score (nSPS) is 14.9. The molecule has 7 nitrogen and oxygen atoms in total. The van der Waals surface area contributed by atoms with Gasteiger partial charge in [-0.3, -0.25) is 9.89 Å². The largest absolute Gasteiger partial charge is 0.357 e. The van der Waals surface area contributed by atoms with Gasteiger partial charge in [-0.05, 0) is 37.1 Å². The van der Waals surface area contributed by atoms with Crippen LogP contribution in [0.25, 0.3) is 0 Å². The summed E-state index contributed by atoms with van der Waals surface area (Å²) in [5.41, 5.74) is 1.26. The number of nitrogens with one attached hydrogen (secondary N) is 2. The molecule has 2 aromatic rings. The van der Waals surface area contributed by atoms with Gasteiger partial charge in [-0.15, -0.1) is 24.0 Å². The molecule has 0 saturated carbocycles. The zero-order valence-corrected chi connectivity index (χ0v) is 20.5. The number of aromatic nitrogens is 2. The molecule has 164 valence electrons. The smallest absolute Gasteiger partial charge is 0.225 e. The van der Waals surface area contributed by atoms with Crippen LogP contribution in [0.15, 0.2) is 47.7 Å². The van der Waals surface area contributed by atoms with E-state index in [1.54, 1.807) is 12.4 Å². The summed E-state index contributed by atoms with van der Waals surface area (Å²) < 4.78 is 0. The van der Waals surface area contributed by atoms with Gasteiger partial charge in [0.05, 0.1) is 6.54 Å². The number of rotatable bonds is 8. The third-order valence-electron chi connectivity index (χ3n) is 4.86. The second-order valence-electron chi connectivity index (χ2n) is 6.94. The SMILES string of the molecule is CCNC(=NCCN1CCN(c2ncccn2)CC1)NCCc1ccc(Cl)cc1.I. The number of piperazine rings is 1. The van der Waals surface area contributed by atoms with Crippen LogP contribution < -0.4 is 15.5 Å². The number of anilines is 1. The zero-order valence-electron chi connectivity index (χ0n) is 17.4. The Bertz CT molecular complexity index is 750. The highest BCUT2D eigenvalue weighted by Gasteiger charge is 2.18. The Morgan fingerprint density at radius 2 is 1.77 bits per heavy atom. The van der Waals surface area contributed by atoms with Gasteiger partial charge in [0.2, 0.25) is 5.95 Å². The van der Waals surface area contributed by atoms with Crippen LogP contribution in [0.4, 0.5) is 5.95 Å². The highest BCUT2D eigenvalue weighted by Crippen LogP contribution is 2.10. The van der Waals surface area contributed by atoms with Crippen LogP contribution in [0.1, 0.15) is 12.5 Å². The van der Waals surface area contributed by atoms with E-state index >= 15 is 0 Å². The third-order valence-corrected chi connectivity index (χ3v) is 5.11. The van der Waals surface area contributed by atoms with Crippen LogP contribution in [-0.2, 0) is 6.42 Å². The van der Waals surface area contributed by atoms with E-state index in [0.717, 1.165) is 75.7 Å². The van der Waals surface area contributed by atoms with E-state index in [1.165, 1.54) is 5.56 Å². The van der Waals surface area contributed by atoms with Gasteiger partial charge in [0.1, 0.15) is 0 Å². The van der Waals surface area contributed by atoms with E-state index in [-0.39, 0.29) is 24.0 Å². The Labute approximate surface area is 201 Å². The van der Waals surface area contributed by atoms with Crippen LogP contribution in [0.3, 0.4) is 0 Å². The Morgan fingerprint density at radius 3 is 2.43 bits per heavy atom. The van der Waals surface area contributed by atoms with E-state index in [2.05, 4.69) is 49.5 Å². The maximum Gasteiger partial charge on any atom is 0.225 e. The van der Waals surface area contributed by atoms with Crippen LogP contribution in [0.2, 0.25) is 5.02 Å². The van der Waals surface area contributed by atoms with Crippen molar-refractivity contribution in [2.45, 2.75) is 13.3 Å². The lowest BCUT2D eigenvalue weighted by molar-refractivity contribution is 0.263. The summed E-state index contributed by atoms with van der Waals surface area (Å²) in [5.74, 6) is 1.70. The second-order valence-corrected chi connectivity index (χ2v) is 7.38. The molecule has 1 fully saturated rings. The van der Waals surface area contributed by atoms with Crippen LogP contribution in [0.5, 0.6) is 0 Å². The first kappa shape index (κ1) is 24.6. The summed E-state index contributed by atoms with van der Waals surface area (Å²) >= 11 is 5.94. The number of hydrogen-bond donors (Lipinski definition) is 2. The van der Waals surface area contributed by atoms with E-state index in [9.17, 15) is 0 Å². The predicted molar refractivity (Wildman–Crippen MR) is 135 cm³/mol. The lowest BCUT2D eigenvalue weighted by Crippen LogP contribution is -2.47. The molecule has 9 heteroatoms. The minimum Gasteiger partial charge on any atom is -0.357 e. The Morgan fingerprint density at radius 1 is 1.07 bits per heavy atom. The Hall–Kier alpha value is -1.65. The molecule has 1 aromatic heterocycles. The lowest BCUT2D eigenvalue weighted by Gasteiger charge is -2.34. The molecule has 3 rings (SSSR count). The monoisotopic (exact) mass is 543 g/mol. The number of benzene rings is 1. The molecule has 30 heavy (non-hydrogen) atoms. The fraction of sp³-hybridized carbons (Fsp3) is 0.476. The molecule has 0 aliphatic carbocycles. The molecule has 1 aliphatic rings. The summed E-state index contributed by atoms with van der Waals surface area (Å²) in [6, 6.07) is 9.84. The first-order valence-electron chi connectivity index (χ1n) is 10.3. The molecular weight excluding hydrogens is 513 g/mol.